The van der Waals surface area contributed by atoms with Gasteiger partial charge in [0, 0.05) is 4.90 Å². The molecule has 2 aromatic carbocycles. The molecule has 1 aliphatic carbocycles. The van der Waals surface area contributed by atoms with E-state index in [2.05, 4.69) is 50.4 Å². The van der Waals surface area contributed by atoms with Gasteiger partial charge in [0.15, 0.2) is 0 Å². The number of halogens is 1. The highest BCUT2D eigenvalue weighted by atomic mass is 32.2. The van der Waals surface area contributed by atoms with Gasteiger partial charge in [-0.2, -0.15) is 0 Å². The molecule has 0 saturated carbocycles. The first-order valence-electron chi connectivity index (χ1n) is 8.00. The normalized spacial score (nSPS) is 15.4. The van der Waals surface area contributed by atoms with E-state index in [0.29, 0.717) is 0 Å². The van der Waals surface area contributed by atoms with Crippen molar-refractivity contribution in [1.82, 2.24) is 0 Å². The van der Waals surface area contributed by atoms with Crippen molar-refractivity contribution in [2.45, 2.75) is 31.6 Å². The average Bonchev–Trinajstić information content (AvgIpc) is 2.81. The summed E-state index contributed by atoms with van der Waals surface area (Å²) in [6.07, 6.45) is 6.36. The van der Waals surface area contributed by atoms with Gasteiger partial charge < -0.3 is 0 Å². The molecule has 0 aliphatic heterocycles. The van der Waals surface area contributed by atoms with Gasteiger partial charge in [0.1, 0.15) is 5.82 Å². The van der Waals surface area contributed by atoms with E-state index in [1.807, 2.05) is 6.07 Å². The van der Waals surface area contributed by atoms with Crippen molar-refractivity contribution in [2.24, 2.45) is 0 Å². The Morgan fingerprint density at radius 2 is 1.78 bits per heavy atom. The predicted octanol–water partition coefficient (Wildman–Crippen LogP) is 6.68. The van der Waals surface area contributed by atoms with E-state index < -0.39 is 0 Å². The Morgan fingerprint density at radius 1 is 1.04 bits per heavy atom. The summed E-state index contributed by atoms with van der Waals surface area (Å²) in [6, 6.07) is 13.7. The molecule has 0 fully saturated rings. The molecule has 1 aliphatic rings. The van der Waals surface area contributed by atoms with Gasteiger partial charge in [0.2, 0.25) is 0 Å². The maximum Gasteiger partial charge on any atom is 0.123 e. The van der Waals surface area contributed by atoms with Gasteiger partial charge in [0.05, 0.1) is 0 Å². The predicted molar refractivity (Wildman–Crippen MR) is 100.0 cm³/mol. The van der Waals surface area contributed by atoms with Crippen molar-refractivity contribution in [1.29, 1.82) is 0 Å². The molecule has 0 unspecified atom stereocenters. The van der Waals surface area contributed by atoms with E-state index in [1.54, 1.807) is 23.9 Å². The summed E-state index contributed by atoms with van der Waals surface area (Å²) in [7, 11) is 0. The fourth-order valence-corrected chi connectivity index (χ4v) is 3.60. The second-order valence-electron chi connectivity index (χ2n) is 5.87. The largest absolute Gasteiger partial charge is 0.207 e. The first kappa shape index (κ1) is 16.1. The fraction of sp³-hybridized carbons (Fsp3) is 0.238. The Morgan fingerprint density at radius 3 is 2.43 bits per heavy atom. The number of allylic oxidation sites excluding steroid dienone is 3. The summed E-state index contributed by atoms with van der Waals surface area (Å²) in [5.41, 5.74) is 7.19. The van der Waals surface area contributed by atoms with Crippen LogP contribution in [0.2, 0.25) is 0 Å². The lowest BCUT2D eigenvalue weighted by molar-refractivity contribution is 0.627. The zero-order chi connectivity index (χ0) is 16.4. The molecule has 0 amide bonds. The van der Waals surface area contributed by atoms with Gasteiger partial charge in [-0.25, -0.2) is 4.39 Å². The summed E-state index contributed by atoms with van der Waals surface area (Å²) < 4.78 is 13.7. The van der Waals surface area contributed by atoms with E-state index in [9.17, 15) is 4.39 Å². The molecular weight excluding hydrogens is 303 g/mol. The van der Waals surface area contributed by atoms with Crippen LogP contribution in [0.4, 0.5) is 4.39 Å². The van der Waals surface area contributed by atoms with Crippen LogP contribution in [0.1, 0.15) is 43.4 Å². The SMILES string of the molecule is CCCC1=C(C)/C(=C/c2ccc(SC)cc2)c2ccc(F)cc21. The molecule has 0 bridgehead atoms. The minimum absolute atomic E-state index is 0.157. The first-order chi connectivity index (χ1) is 11.1. The monoisotopic (exact) mass is 324 g/mol. The molecule has 0 spiro atoms. The van der Waals surface area contributed by atoms with Crippen LogP contribution in [0.5, 0.6) is 0 Å². The van der Waals surface area contributed by atoms with Gasteiger partial charge >= 0.3 is 0 Å². The van der Waals surface area contributed by atoms with Gasteiger partial charge in [-0.05, 0) is 83.4 Å². The fourth-order valence-electron chi connectivity index (χ4n) is 3.19. The van der Waals surface area contributed by atoms with Crippen LogP contribution in [0.15, 0.2) is 52.9 Å². The molecule has 3 rings (SSSR count). The molecule has 0 N–H and O–H groups in total. The molecule has 0 radical (unpaired) electrons. The highest BCUT2D eigenvalue weighted by Gasteiger charge is 2.23. The molecule has 2 heteroatoms. The first-order valence-corrected chi connectivity index (χ1v) is 9.22. The van der Waals surface area contributed by atoms with Crippen molar-refractivity contribution in [3.8, 4) is 0 Å². The number of benzene rings is 2. The maximum atomic E-state index is 13.7. The lowest BCUT2D eigenvalue weighted by atomic mass is 10.0. The molecule has 23 heavy (non-hydrogen) atoms. The van der Waals surface area contributed by atoms with Gasteiger partial charge in [0.25, 0.3) is 0 Å². The van der Waals surface area contributed by atoms with Crippen LogP contribution in [0.3, 0.4) is 0 Å². The van der Waals surface area contributed by atoms with Crippen LogP contribution in [0.25, 0.3) is 17.2 Å². The van der Waals surface area contributed by atoms with Gasteiger partial charge in [-0.1, -0.05) is 31.5 Å². The van der Waals surface area contributed by atoms with E-state index in [1.165, 1.54) is 27.2 Å². The van der Waals surface area contributed by atoms with E-state index in [4.69, 9.17) is 0 Å². The maximum absolute atomic E-state index is 13.7. The smallest absolute Gasteiger partial charge is 0.123 e. The lowest BCUT2D eigenvalue weighted by Gasteiger charge is -2.05. The summed E-state index contributed by atoms with van der Waals surface area (Å²) in [5.74, 6) is -0.157. The van der Waals surface area contributed by atoms with Crippen molar-refractivity contribution < 1.29 is 4.39 Å². The Balaban J connectivity index is 2.09. The van der Waals surface area contributed by atoms with E-state index in [0.717, 1.165) is 24.0 Å². The quantitative estimate of drug-likeness (QED) is 0.566. The third-order valence-corrected chi connectivity index (χ3v) is 5.12. The van der Waals surface area contributed by atoms with Crippen LogP contribution >= 0.6 is 11.8 Å². The van der Waals surface area contributed by atoms with Crippen LogP contribution < -0.4 is 0 Å². The van der Waals surface area contributed by atoms with Crippen LogP contribution in [-0.4, -0.2) is 6.26 Å². The standard InChI is InChI=1S/C21H21FS/c1-4-5-18-14(2)20(19-11-8-16(22)13-21(18)19)12-15-6-9-17(23-3)10-7-15/h6-13H,4-5H2,1-3H3/b20-12-. The second kappa shape index (κ2) is 6.76. The Hall–Kier alpha value is -1.80. The third-order valence-electron chi connectivity index (χ3n) is 4.38. The average molecular weight is 324 g/mol. The zero-order valence-corrected chi connectivity index (χ0v) is 14.6. The summed E-state index contributed by atoms with van der Waals surface area (Å²) >= 11 is 1.75. The number of thioether (sulfide) groups is 1. The number of hydrogen-bond acceptors (Lipinski definition) is 1. The molecule has 0 aromatic heterocycles. The van der Waals surface area contributed by atoms with Crippen molar-refractivity contribution >= 4 is 29.0 Å². The molecular formula is C21H21FS. The van der Waals surface area contributed by atoms with Crippen molar-refractivity contribution in [3.05, 3.63) is 70.5 Å². The van der Waals surface area contributed by atoms with Crippen LogP contribution in [0, 0.1) is 5.82 Å². The van der Waals surface area contributed by atoms with E-state index in [-0.39, 0.29) is 5.82 Å². The topological polar surface area (TPSA) is 0 Å². The molecule has 0 nitrogen and oxygen atoms in total. The van der Waals surface area contributed by atoms with E-state index >= 15 is 0 Å². The molecule has 0 heterocycles. The molecule has 0 atom stereocenters. The summed E-state index contributed by atoms with van der Waals surface area (Å²) in [5, 5.41) is 0. The number of fused-ring (bicyclic) bond motifs is 1. The second-order valence-corrected chi connectivity index (χ2v) is 6.75. The third kappa shape index (κ3) is 3.13. The van der Waals surface area contributed by atoms with Gasteiger partial charge in [-0.3, -0.25) is 0 Å². The zero-order valence-electron chi connectivity index (χ0n) is 13.8. The highest BCUT2D eigenvalue weighted by Crippen LogP contribution is 2.44. The van der Waals surface area contributed by atoms with Crippen molar-refractivity contribution in [3.63, 3.8) is 0 Å². The summed E-state index contributed by atoms with van der Waals surface area (Å²) in [4.78, 5) is 1.26. The summed E-state index contributed by atoms with van der Waals surface area (Å²) in [6.45, 7) is 4.33. The Labute approximate surface area is 142 Å². The molecule has 0 saturated heterocycles. The minimum Gasteiger partial charge on any atom is -0.207 e. The number of hydrogen-bond donors (Lipinski definition) is 0. The number of rotatable bonds is 4. The Kier molecular flexibility index (Phi) is 4.72. The van der Waals surface area contributed by atoms with Gasteiger partial charge in [-0.15, -0.1) is 11.8 Å². The lowest BCUT2D eigenvalue weighted by Crippen LogP contribution is -1.87. The molecule has 118 valence electrons. The molecule has 2 aromatic rings. The minimum atomic E-state index is -0.157. The Bertz CT molecular complexity index is 782. The highest BCUT2D eigenvalue weighted by molar-refractivity contribution is 7.98. The van der Waals surface area contributed by atoms with Crippen molar-refractivity contribution in [2.75, 3.05) is 6.26 Å². The van der Waals surface area contributed by atoms with Crippen LogP contribution in [-0.2, 0) is 0 Å².